The molecule has 166 valence electrons. The SMILES string of the molecule is O=C(C1CCN(c2nc3c(F)cccc3s2)CC1)N1CCN(C(=O)C2CCCO2)CC1. The highest BCUT2D eigenvalue weighted by atomic mass is 32.1. The Balaban J connectivity index is 1.13. The highest BCUT2D eigenvalue weighted by Crippen LogP contribution is 2.33. The van der Waals surface area contributed by atoms with E-state index < -0.39 is 0 Å². The van der Waals surface area contributed by atoms with Gasteiger partial charge >= 0.3 is 0 Å². The van der Waals surface area contributed by atoms with Crippen LogP contribution in [0.25, 0.3) is 10.2 Å². The van der Waals surface area contributed by atoms with Crippen LogP contribution in [0, 0.1) is 11.7 Å². The van der Waals surface area contributed by atoms with Crippen molar-refractivity contribution in [2.75, 3.05) is 50.8 Å². The smallest absolute Gasteiger partial charge is 0.251 e. The molecule has 3 fully saturated rings. The van der Waals surface area contributed by atoms with E-state index in [0.29, 0.717) is 38.3 Å². The zero-order valence-electron chi connectivity index (χ0n) is 17.5. The van der Waals surface area contributed by atoms with Crippen LogP contribution in [0.1, 0.15) is 25.7 Å². The second-order valence-electron chi connectivity index (χ2n) is 8.50. The maximum absolute atomic E-state index is 13.9. The van der Waals surface area contributed by atoms with Crippen LogP contribution in [0.15, 0.2) is 18.2 Å². The third kappa shape index (κ3) is 4.13. The van der Waals surface area contributed by atoms with Gasteiger partial charge in [0.25, 0.3) is 5.91 Å². The van der Waals surface area contributed by atoms with Crippen LogP contribution in [0.3, 0.4) is 0 Å². The number of carbonyl (C=O) groups is 2. The monoisotopic (exact) mass is 446 g/mol. The van der Waals surface area contributed by atoms with Gasteiger partial charge in [-0.3, -0.25) is 9.59 Å². The zero-order chi connectivity index (χ0) is 21.4. The molecule has 1 aromatic heterocycles. The van der Waals surface area contributed by atoms with Crippen LogP contribution in [0.2, 0.25) is 0 Å². The van der Waals surface area contributed by atoms with E-state index in [9.17, 15) is 14.0 Å². The molecule has 3 aliphatic heterocycles. The molecule has 4 heterocycles. The van der Waals surface area contributed by atoms with Crippen molar-refractivity contribution in [1.29, 1.82) is 0 Å². The molecule has 7 nitrogen and oxygen atoms in total. The van der Waals surface area contributed by atoms with Crippen LogP contribution in [0.4, 0.5) is 9.52 Å². The molecule has 0 saturated carbocycles. The average molecular weight is 447 g/mol. The molecule has 0 N–H and O–H groups in total. The second kappa shape index (κ2) is 8.70. The fourth-order valence-corrected chi connectivity index (χ4v) is 5.77. The summed E-state index contributed by atoms with van der Waals surface area (Å²) in [5.41, 5.74) is 0.427. The van der Waals surface area contributed by atoms with Gasteiger partial charge in [0, 0.05) is 51.8 Å². The Morgan fingerprint density at radius 2 is 1.71 bits per heavy atom. The molecule has 2 amide bonds. The zero-order valence-corrected chi connectivity index (χ0v) is 18.3. The van der Waals surface area contributed by atoms with Crippen molar-refractivity contribution in [3.63, 3.8) is 0 Å². The van der Waals surface area contributed by atoms with Gasteiger partial charge in [0.1, 0.15) is 17.4 Å². The second-order valence-corrected chi connectivity index (χ2v) is 9.51. The summed E-state index contributed by atoms with van der Waals surface area (Å²) in [5, 5.41) is 0.826. The van der Waals surface area contributed by atoms with Crippen molar-refractivity contribution < 1.29 is 18.7 Å². The van der Waals surface area contributed by atoms with Crippen LogP contribution in [-0.4, -0.2) is 78.6 Å². The van der Waals surface area contributed by atoms with Gasteiger partial charge in [0.05, 0.1) is 4.70 Å². The van der Waals surface area contributed by atoms with Gasteiger partial charge in [0.15, 0.2) is 5.13 Å². The fraction of sp³-hybridized carbons (Fsp3) is 0.591. The Kier molecular flexibility index (Phi) is 5.79. The summed E-state index contributed by atoms with van der Waals surface area (Å²) >= 11 is 1.50. The van der Waals surface area contributed by atoms with Crippen LogP contribution < -0.4 is 4.90 Å². The number of piperidine rings is 1. The normalized spacial score (nSPS) is 23.0. The molecule has 2 aromatic rings. The maximum Gasteiger partial charge on any atom is 0.251 e. The van der Waals surface area contributed by atoms with Gasteiger partial charge in [-0.25, -0.2) is 9.37 Å². The Morgan fingerprint density at radius 1 is 1.00 bits per heavy atom. The summed E-state index contributed by atoms with van der Waals surface area (Å²) in [7, 11) is 0. The summed E-state index contributed by atoms with van der Waals surface area (Å²) in [6.45, 7) is 4.51. The lowest BCUT2D eigenvalue weighted by Gasteiger charge is -2.39. The first-order valence-electron chi connectivity index (χ1n) is 11.1. The Labute approximate surface area is 184 Å². The number of hydrogen-bond acceptors (Lipinski definition) is 6. The highest BCUT2D eigenvalue weighted by Gasteiger charge is 2.34. The number of nitrogens with zero attached hydrogens (tertiary/aromatic N) is 4. The van der Waals surface area contributed by atoms with E-state index in [-0.39, 0.29) is 29.7 Å². The summed E-state index contributed by atoms with van der Waals surface area (Å²) in [5.74, 6) is -0.0191. The van der Waals surface area contributed by atoms with Crippen molar-refractivity contribution in [3.05, 3.63) is 24.0 Å². The average Bonchev–Trinajstić information content (AvgIpc) is 3.49. The first-order chi connectivity index (χ1) is 15.1. The molecule has 0 aliphatic carbocycles. The number of benzene rings is 1. The first-order valence-corrected chi connectivity index (χ1v) is 11.9. The topological polar surface area (TPSA) is 66.0 Å². The fourth-order valence-electron chi connectivity index (χ4n) is 4.74. The molecule has 3 aliphatic rings. The summed E-state index contributed by atoms with van der Waals surface area (Å²) in [6, 6.07) is 5.03. The number of aromatic nitrogens is 1. The lowest BCUT2D eigenvalue weighted by molar-refractivity contribution is -0.147. The van der Waals surface area contributed by atoms with Crippen molar-refractivity contribution >= 4 is 38.5 Å². The Hall–Kier alpha value is -2.26. The van der Waals surface area contributed by atoms with Gasteiger partial charge in [-0.05, 0) is 37.8 Å². The molecule has 1 aromatic carbocycles. The predicted octanol–water partition coefficient (Wildman–Crippen LogP) is 2.50. The lowest BCUT2D eigenvalue weighted by Crippen LogP contribution is -2.54. The van der Waals surface area contributed by atoms with E-state index in [0.717, 1.165) is 48.6 Å². The minimum Gasteiger partial charge on any atom is -0.368 e. The molecule has 0 bridgehead atoms. The molecule has 9 heteroatoms. The predicted molar refractivity (Wildman–Crippen MR) is 117 cm³/mol. The first kappa shape index (κ1) is 20.6. The third-order valence-electron chi connectivity index (χ3n) is 6.58. The number of hydrogen-bond donors (Lipinski definition) is 0. The highest BCUT2D eigenvalue weighted by molar-refractivity contribution is 7.22. The summed E-state index contributed by atoms with van der Waals surface area (Å²) in [4.78, 5) is 35.9. The van der Waals surface area contributed by atoms with Crippen molar-refractivity contribution in [2.45, 2.75) is 31.8 Å². The van der Waals surface area contributed by atoms with Gasteiger partial charge in [0.2, 0.25) is 5.91 Å². The number of thiazole rings is 1. The maximum atomic E-state index is 13.9. The molecular formula is C22H27FN4O3S. The van der Waals surface area contributed by atoms with Gasteiger partial charge in [-0.1, -0.05) is 17.4 Å². The number of fused-ring (bicyclic) bond motifs is 1. The minimum atomic E-state index is -0.290. The number of para-hydroxylation sites is 1. The summed E-state index contributed by atoms with van der Waals surface area (Å²) < 4.78 is 20.3. The number of ether oxygens (including phenoxy) is 1. The van der Waals surface area contributed by atoms with E-state index in [1.54, 1.807) is 6.07 Å². The number of anilines is 1. The lowest BCUT2D eigenvalue weighted by atomic mass is 9.95. The van der Waals surface area contributed by atoms with E-state index in [4.69, 9.17) is 4.74 Å². The molecule has 0 radical (unpaired) electrons. The molecule has 1 atom stereocenters. The molecular weight excluding hydrogens is 419 g/mol. The van der Waals surface area contributed by atoms with Gasteiger partial charge < -0.3 is 19.4 Å². The number of amides is 2. The van der Waals surface area contributed by atoms with Crippen LogP contribution >= 0.6 is 11.3 Å². The number of piperazine rings is 1. The largest absolute Gasteiger partial charge is 0.368 e. The molecule has 31 heavy (non-hydrogen) atoms. The number of carbonyl (C=O) groups excluding carboxylic acids is 2. The van der Waals surface area contributed by atoms with Crippen molar-refractivity contribution in [3.8, 4) is 0 Å². The van der Waals surface area contributed by atoms with E-state index in [2.05, 4.69) is 9.88 Å². The molecule has 5 rings (SSSR count). The van der Waals surface area contributed by atoms with E-state index in [1.165, 1.54) is 17.4 Å². The van der Waals surface area contributed by atoms with E-state index >= 15 is 0 Å². The van der Waals surface area contributed by atoms with Crippen molar-refractivity contribution in [2.24, 2.45) is 5.92 Å². The van der Waals surface area contributed by atoms with Crippen molar-refractivity contribution in [1.82, 2.24) is 14.8 Å². The number of halogens is 1. The molecule has 1 unspecified atom stereocenters. The van der Waals surface area contributed by atoms with Crippen LogP contribution in [0.5, 0.6) is 0 Å². The summed E-state index contributed by atoms with van der Waals surface area (Å²) in [6.07, 6.45) is 3.00. The quantitative estimate of drug-likeness (QED) is 0.725. The van der Waals surface area contributed by atoms with Gasteiger partial charge in [-0.2, -0.15) is 0 Å². The number of rotatable bonds is 3. The Bertz CT molecular complexity index is 961. The minimum absolute atomic E-state index is 0.00258. The molecule has 3 saturated heterocycles. The van der Waals surface area contributed by atoms with Gasteiger partial charge in [-0.15, -0.1) is 0 Å². The van der Waals surface area contributed by atoms with E-state index in [1.807, 2.05) is 15.9 Å². The van der Waals surface area contributed by atoms with Crippen LogP contribution in [-0.2, 0) is 14.3 Å². The third-order valence-corrected chi connectivity index (χ3v) is 7.66. The molecule has 0 spiro atoms. The Morgan fingerprint density at radius 3 is 2.35 bits per heavy atom. The standard InChI is InChI=1S/C22H27FN4O3S/c23-16-3-1-5-18-19(16)24-22(31-18)27-8-6-15(7-9-27)20(28)25-10-12-26(13-11-25)21(29)17-4-2-14-30-17/h1,3,5,15,17H,2,4,6-14H2.